The van der Waals surface area contributed by atoms with Crippen LogP contribution in [0.5, 0.6) is 5.75 Å². The predicted octanol–water partition coefficient (Wildman–Crippen LogP) is 1.90. The molecule has 1 amide bonds. The third kappa shape index (κ3) is 4.82. The molecule has 2 aromatic rings. The third-order valence-electron chi connectivity index (χ3n) is 3.13. The average molecular weight is 344 g/mol. The van der Waals surface area contributed by atoms with Gasteiger partial charge in [0.1, 0.15) is 5.75 Å². The van der Waals surface area contributed by atoms with Gasteiger partial charge in [-0.15, -0.1) is 0 Å². The average Bonchev–Trinajstić information content (AvgIpc) is 2.56. The second-order valence-electron chi connectivity index (χ2n) is 4.89. The third-order valence-corrected chi connectivity index (χ3v) is 3.13. The quantitative estimate of drug-likeness (QED) is 0.464. The molecule has 0 heterocycles. The lowest BCUT2D eigenvalue weighted by Gasteiger charge is -2.01. The van der Waals surface area contributed by atoms with Crippen LogP contribution in [0.2, 0.25) is 0 Å². The van der Waals surface area contributed by atoms with Crippen molar-refractivity contribution in [2.75, 3.05) is 0 Å². The number of phenols is 1. The normalized spacial score (nSPS) is 10.6. The Bertz CT molecular complexity index is 848. The molecule has 25 heavy (non-hydrogen) atoms. The summed E-state index contributed by atoms with van der Waals surface area (Å²) in [6.07, 6.45) is 1.02. The van der Waals surface area contributed by atoms with Crippen LogP contribution >= 0.6 is 0 Å². The molecule has 0 fully saturated rings. The van der Waals surface area contributed by atoms with E-state index in [1.807, 2.05) is 0 Å². The number of nitrogens with one attached hydrogen (secondary N) is 1. The number of hydrogen-bond donors (Lipinski definition) is 2. The number of amides is 1. The number of nitro benzene ring substituents is 2. The lowest BCUT2D eigenvalue weighted by Crippen LogP contribution is -2.19. The molecular formula is C15H12N4O6. The number of aromatic hydroxyl groups is 1. The fourth-order valence-corrected chi connectivity index (χ4v) is 1.89. The van der Waals surface area contributed by atoms with E-state index in [4.69, 9.17) is 0 Å². The van der Waals surface area contributed by atoms with Gasteiger partial charge in [-0.25, -0.2) is 5.43 Å². The summed E-state index contributed by atoms with van der Waals surface area (Å²) in [5, 5.41) is 34.5. The fraction of sp³-hybridized carbons (Fsp3) is 0.0667. The highest BCUT2D eigenvalue weighted by Gasteiger charge is 2.09. The monoisotopic (exact) mass is 344 g/mol. The van der Waals surface area contributed by atoms with E-state index in [2.05, 4.69) is 10.5 Å². The van der Waals surface area contributed by atoms with Gasteiger partial charge in [0.05, 0.1) is 22.5 Å². The first-order chi connectivity index (χ1) is 11.9. The molecule has 0 unspecified atom stereocenters. The zero-order chi connectivity index (χ0) is 18.4. The summed E-state index contributed by atoms with van der Waals surface area (Å²) >= 11 is 0. The van der Waals surface area contributed by atoms with Crippen molar-refractivity contribution in [2.45, 2.75) is 6.42 Å². The van der Waals surface area contributed by atoms with Crippen molar-refractivity contribution < 1.29 is 19.7 Å². The van der Waals surface area contributed by atoms with Crippen molar-refractivity contribution >= 4 is 23.5 Å². The van der Waals surface area contributed by atoms with Gasteiger partial charge >= 0.3 is 0 Å². The summed E-state index contributed by atoms with van der Waals surface area (Å²) in [7, 11) is 0. The van der Waals surface area contributed by atoms with Gasteiger partial charge in [0.2, 0.25) is 5.91 Å². The molecule has 0 bridgehead atoms. The highest BCUT2D eigenvalue weighted by molar-refractivity contribution is 5.86. The Kier molecular flexibility index (Phi) is 5.36. The molecule has 0 saturated heterocycles. The topological polar surface area (TPSA) is 148 Å². The Morgan fingerprint density at radius 3 is 2.28 bits per heavy atom. The fourth-order valence-electron chi connectivity index (χ4n) is 1.89. The van der Waals surface area contributed by atoms with E-state index in [0.717, 1.165) is 24.4 Å². The molecule has 0 radical (unpaired) electrons. The summed E-state index contributed by atoms with van der Waals surface area (Å²) in [4.78, 5) is 31.8. The Morgan fingerprint density at radius 2 is 1.68 bits per heavy atom. The van der Waals surface area contributed by atoms with Crippen molar-refractivity contribution in [3.8, 4) is 5.75 Å². The summed E-state index contributed by atoms with van der Waals surface area (Å²) in [6.45, 7) is 0. The van der Waals surface area contributed by atoms with Gasteiger partial charge in [-0.3, -0.25) is 25.0 Å². The minimum Gasteiger partial charge on any atom is -0.507 e. The number of nitrogens with zero attached hydrogens (tertiary/aromatic N) is 3. The number of carbonyl (C=O) groups is 1. The van der Waals surface area contributed by atoms with E-state index in [9.17, 15) is 30.1 Å². The number of non-ortho nitro benzene ring substituents is 2. The minimum atomic E-state index is -0.621. The van der Waals surface area contributed by atoms with Crippen LogP contribution < -0.4 is 5.43 Å². The van der Waals surface area contributed by atoms with Gasteiger partial charge in [-0.1, -0.05) is 12.1 Å². The standard InChI is InChI=1S/C15H12N4O6/c20-14-6-5-13(19(24)25)8-11(14)9-16-17-15(21)7-10-1-3-12(4-2-10)18(22)23/h1-6,8-9,20H,7H2,(H,17,21). The molecule has 0 aliphatic heterocycles. The highest BCUT2D eigenvalue weighted by Crippen LogP contribution is 2.21. The summed E-state index contributed by atoms with van der Waals surface area (Å²) in [5.74, 6) is -0.714. The Morgan fingerprint density at radius 1 is 1.08 bits per heavy atom. The molecule has 0 aromatic heterocycles. The van der Waals surface area contributed by atoms with Crippen LogP contribution in [-0.4, -0.2) is 27.1 Å². The number of carbonyl (C=O) groups excluding carboxylic acids is 1. The molecule has 2 N–H and O–H groups in total. The van der Waals surface area contributed by atoms with E-state index in [-0.39, 0.29) is 29.1 Å². The second-order valence-corrected chi connectivity index (χ2v) is 4.89. The zero-order valence-corrected chi connectivity index (χ0v) is 12.7. The van der Waals surface area contributed by atoms with Crippen LogP contribution in [0.1, 0.15) is 11.1 Å². The van der Waals surface area contributed by atoms with Crippen LogP contribution in [-0.2, 0) is 11.2 Å². The van der Waals surface area contributed by atoms with E-state index < -0.39 is 15.8 Å². The Hall–Kier alpha value is -3.82. The van der Waals surface area contributed by atoms with Crippen LogP contribution in [0.15, 0.2) is 47.6 Å². The number of phenolic OH excluding ortho intramolecular Hbond substituents is 1. The molecule has 2 aromatic carbocycles. The molecule has 0 aliphatic carbocycles. The van der Waals surface area contributed by atoms with E-state index in [1.165, 1.54) is 24.3 Å². The van der Waals surface area contributed by atoms with Crippen LogP contribution in [0.4, 0.5) is 11.4 Å². The van der Waals surface area contributed by atoms with Crippen LogP contribution in [0.25, 0.3) is 0 Å². The zero-order valence-electron chi connectivity index (χ0n) is 12.7. The van der Waals surface area contributed by atoms with E-state index in [1.54, 1.807) is 0 Å². The largest absolute Gasteiger partial charge is 0.507 e. The molecule has 10 heteroatoms. The van der Waals surface area contributed by atoms with Crippen molar-refractivity contribution in [3.05, 3.63) is 73.8 Å². The van der Waals surface area contributed by atoms with E-state index >= 15 is 0 Å². The Labute approximate surface area is 140 Å². The molecular weight excluding hydrogens is 332 g/mol. The molecule has 0 spiro atoms. The van der Waals surface area contributed by atoms with E-state index in [0.29, 0.717) is 5.56 Å². The van der Waals surface area contributed by atoms with Gasteiger partial charge in [-0.05, 0) is 11.6 Å². The molecule has 0 atom stereocenters. The first-order valence-electron chi connectivity index (χ1n) is 6.89. The Balaban J connectivity index is 1.97. The van der Waals surface area contributed by atoms with Gasteiger partial charge in [0.15, 0.2) is 0 Å². The number of hydrogen-bond acceptors (Lipinski definition) is 7. The number of benzene rings is 2. The summed E-state index contributed by atoms with van der Waals surface area (Å²) in [5.41, 5.74) is 2.53. The van der Waals surface area contributed by atoms with Crippen LogP contribution in [0.3, 0.4) is 0 Å². The number of rotatable bonds is 6. The maximum absolute atomic E-state index is 11.8. The lowest BCUT2D eigenvalue weighted by atomic mass is 10.1. The molecule has 128 valence electrons. The highest BCUT2D eigenvalue weighted by atomic mass is 16.6. The lowest BCUT2D eigenvalue weighted by molar-refractivity contribution is -0.385. The molecule has 10 nitrogen and oxygen atoms in total. The first kappa shape index (κ1) is 17.5. The maximum atomic E-state index is 11.8. The minimum absolute atomic E-state index is 0.0593. The van der Waals surface area contributed by atoms with Crippen molar-refractivity contribution in [1.29, 1.82) is 0 Å². The molecule has 0 saturated carbocycles. The predicted molar refractivity (Wildman–Crippen MR) is 87.3 cm³/mol. The van der Waals surface area contributed by atoms with Crippen molar-refractivity contribution in [3.63, 3.8) is 0 Å². The van der Waals surface area contributed by atoms with Gasteiger partial charge < -0.3 is 5.11 Å². The maximum Gasteiger partial charge on any atom is 0.270 e. The molecule has 0 aliphatic rings. The second kappa shape index (κ2) is 7.64. The van der Waals surface area contributed by atoms with Crippen molar-refractivity contribution in [1.82, 2.24) is 5.43 Å². The van der Waals surface area contributed by atoms with Gasteiger partial charge in [0, 0.05) is 29.8 Å². The first-order valence-corrected chi connectivity index (χ1v) is 6.89. The number of nitro groups is 2. The SMILES string of the molecule is O=C(Cc1ccc([N+](=O)[O-])cc1)NN=Cc1cc([N+](=O)[O-])ccc1O. The van der Waals surface area contributed by atoms with Gasteiger partial charge in [0.25, 0.3) is 11.4 Å². The molecule has 2 rings (SSSR count). The van der Waals surface area contributed by atoms with Gasteiger partial charge in [-0.2, -0.15) is 5.10 Å². The van der Waals surface area contributed by atoms with Crippen LogP contribution in [0, 0.1) is 20.2 Å². The summed E-state index contributed by atoms with van der Waals surface area (Å²) < 4.78 is 0. The van der Waals surface area contributed by atoms with Crippen molar-refractivity contribution in [2.24, 2.45) is 5.10 Å². The smallest absolute Gasteiger partial charge is 0.270 e. The summed E-state index contributed by atoms with van der Waals surface area (Å²) in [6, 6.07) is 8.88. The number of hydrazone groups is 1.